The highest BCUT2D eigenvalue weighted by atomic mass is 19.4. The zero-order valence-electron chi connectivity index (χ0n) is 19.1. The summed E-state index contributed by atoms with van der Waals surface area (Å²) in [6.45, 7) is 3.18. The van der Waals surface area contributed by atoms with E-state index in [1.54, 1.807) is 12.1 Å². The number of benzene rings is 1. The highest BCUT2D eigenvalue weighted by Crippen LogP contribution is 2.31. The van der Waals surface area contributed by atoms with Crippen molar-refractivity contribution >= 4 is 29.4 Å². The van der Waals surface area contributed by atoms with Gasteiger partial charge in [0, 0.05) is 38.4 Å². The molecule has 3 heterocycles. The van der Waals surface area contributed by atoms with Gasteiger partial charge in [-0.1, -0.05) is 6.07 Å². The van der Waals surface area contributed by atoms with Gasteiger partial charge in [-0.3, -0.25) is 9.88 Å². The number of alkyl halides is 3. The topological polar surface area (TPSA) is 102 Å². The molecule has 1 saturated heterocycles. The fraction of sp³-hybridized carbons (Fsp3) is 0.304. The first-order chi connectivity index (χ1) is 17.3. The predicted octanol–water partition coefficient (Wildman–Crippen LogP) is 3.33. The Labute approximate surface area is 204 Å². The largest absolute Gasteiger partial charge is 0.416 e. The van der Waals surface area contributed by atoms with Crippen molar-refractivity contribution in [3.05, 3.63) is 65.9 Å². The van der Waals surface area contributed by atoms with Gasteiger partial charge >= 0.3 is 6.18 Å². The predicted molar refractivity (Wildman–Crippen MR) is 128 cm³/mol. The Morgan fingerprint density at radius 2 is 1.83 bits per heavy atom. The molecule has 0 unspecified atom stereocenters. The normalized spacial score (nSPS) is 14.9. The average molecular weight is 504 g/mol. The third-order valence-electron chi connectivity index (χ3n) is 5.44. The summed E-state index contributed by atoms with van der Waals surface area (Å²) in [6.07, 6.45) is -0.473. The van der Waals surface area contributed by atoms with Crippen LogP contribution in [0.4, 0.5) is 40.7 Å². The summed E-state index contributed by atoms with van der Waals surface area (Å²) in [4.78, 5) is 16.2. The van der Waals surface area contributed by atoms with E-state index in [4.69, 9.17) is 5.11 Å². The van der Waals surface area contributed by atoms with Gasteiger partial charge in [0.1, 0.15) is 0 Å². The molecule has 9 nitrogen and oxygen atoms in total. The Bertz CT molecular complexity index is 1180. The van der Waals surface area contributed by atoms with Crippen molar-refractivity contribution in [1.29, 1.82) is 0 Å². The Morgan fingerprint density at radius 3 is 2.53 bits per heavy atom. The molecule has 1 aromatic carbocycles. The lowest BCUT2D eigenvalue weighted by molar-refractivity contribution is -0.137. The number of nitrogens with zero attached hydrogens (tertiary/aromatic N) is 6. The molecule has 0 radical (unpaired) electrons. The third-order valence-corrected chi connectivity index (χ3v) is 5.44. The van der Waals surface area contributed by atoms with Crippen LogP contribution in [0, 0.1) is 5.82 Å². The van der Waals surface area contributed by atoms with Crippen LogP contribution in [0.25, 0.3) is 0 Å². The number of aliphatic hydroxyl groups excluding tert-OH is 1. The number of nitrogens with one attached hydrogen (secondary N) is 2. The number of hydrogen-bond donors (Lipinski definition) is 3. The SMILES string of the molecule is OCCN1CCN(c2nc(N/N=C/c3ccc(Nc4cccc(C(F)(F)F)c4)cn3)ncc2F)CC1. The van der Waals surface area contributed by atoms with Gasteiger partial charge < -0.3 is 15.3 Å². The summed E-state index contributed by atoms with van der Waals surface area (Å²) in [5, 5.41) is 16.0. The van der Waals surface area contributed by atoms with E-state index in [0.717, 1.165) is 18.3 Å². The van der Waals surface area contributed by atoms with Crippen LogP contribution in [-0.2, 0) is 6.18 Å². The van der Waals surface area contributed by atoms with Crippen LogP contribution in [0.1, 0.15) is 11.3 Å². The minimum atomic E-state index is -4.42. The van der Waals surface area contributed by atoms with Gasteiger partial charge in [0.25, 0.3) is 0 Å². The van der Waals surface area contributed by atoms with Crippen LogP contribution in [0.3, 0.4) is 0 Å². The molecule has 1 aliphatic rings. The quantitative estimate of drug-likeness (QED) is 0.244. The van der Waals surface area contributed by atoms with Gasteiger partial charge in [0.2, 0.25) is 5.95 Å². The standard InChI is InChI=1S/C23H24F4N8O/c24-20-15-29-22(32-21(20)35-8-6-34(7-9-35)10-11-36)33-30-14-18-4-5-19(13-28-18)31-17-3-1-2-16(12-17)23(25,26)27/h1-5,12-15,31,36H,6-11H2,(H,29,32,33)/b30-14+. The number of rotatable bonds is 8. The number of anilines is 4. The van der Waals surface area contributed by atoms with E-state index in [0.29, 0.717) is 44.1 Å². The van der Waals surface area contributed by atoms with Gasteiger partial charge in [0.15, 0.2) is 11.6 Å². The summed E-state index contributed by atoms with van der Waals surface area (Å²) < 4.78 is 52.9. The maximum atomic E-state index is 14.3. The number of pyridine rings is 1. The van der Waals surface area contributed by atoms with Crippen molar-refractivity contribution in [2.24, 2.45) is 5.10 Å². The maximum absolute atomic E-state index is 14.3. The van der Waals surface area contributed by atoms with E-state index in [2.05, 4.69) is 35.7 Å². The summed E-state index contributed by atoms with van der Waals surface area (Å²) >= 11 is 0. The molecule has 1 fully saturated rings. The molecule has 0 amide bonds. The van der Waals surface area contributed by atoms with Crippen molar-refractivity contribution in [2.75, 3.05) is 55.0 Å². The second-order valence-corrected chi connectivity index (χ2v) is 7.96. The molecule has 3 N–H and O–H groups in total. The molecule has 0 atom stereocenters. The van der Waals surface area contributed by atoms with E-state index in [-0.39, 0.29) is 24.1 Å². The lowest BCUT2D eigenvalue weighted by Crippen LogP contribution is -2.47. The van der Waals surface area contributed by atoms with Crippen LogP contribution in [0.2, 0.25) is 0 Å². The molecule has 190 valence electrons. The number of piperazine rings is 1. The first-order valence-electron chi connectivity index (χ1n) is 11.1. The van der Waals surface area contributed by atoms with Crippen molar-refractivity contribution in [2.45, 2.75) is 6.18 Å². The van der Waals surface area contributed by atoms with Crippen LogP contribution in [-0.4, -0.2) is 70.5 Å². The molecule has 36 heavy (non-hydrogen) atoms. The van der Waals surface area contributed by atoms with Crippen molar-refractivity contribution in [3.63, 3.8) is 0 Å². The number of β-amino-alcohol motifs (C(OH)–C–C–N with tert-alkyl or cyclic N) is 1. The van der Waals surface area contributed by atoms with Crippen molar-refractivity contribution in [3.8, 4) is 0 Å². The Kier molecular flexibility index (Phi) is 7.90. The number of aliphatic hydroxyl groups is 1. The maximum Gasteiger partial charge on any atom is 0.416 e. The van der Waals surface area contributed by atoms with Crippen LogP contribution in [0.5, 0.6) is 0 Å². The summed E-state index contributed by atoms with van der Waals surface area (Å²) in [7, 11) is 0. The molecule has 0 saturated carbocycles. The first-order valence-corrected chi connectivity index (χ1v) is 11.1. The first kappa shape index (κ1) is 25.3. The molecule has 0 bridgehead atoms. The molecule has 4 rings (SSSR count). The fourth-order valence-corrected chi connectivity index (χ4v) is 3.61. The highest BCUT2D eigenvalue weighted by molar-refractivity contribution is 5.78. The van der Waals surface area contributed by atoms with E-state index >= 15 is 0 Å². The van der Waals surface area contributed by atoms with E-state index in [9.17, 15) is 17.6 Å². The number of hydrogen-bond acceptors (Lipinski definition) is 9. The van der Waals surface area contributed by atoms with Crippen LogP contribution >= 0.6 is 0 Å². The lowest BCUT2D eigenvalue weighted by atomic mass is 10.2. The second kappa shape index (κ2) is 11.3. The monoisotopic (exact) mass is 504 g/mol. The average Bonchev–Trinajstić information content (AvgIpc) is 2.87. The minimum Gasteiger partial charge on any atom is -0.395 e. The fourth-order valence-electron chi connectivity index (χ4n) is 3.61. The van der Waals surface area contributed by atoms with Gasteiger partial charge in [-0.15, -0.1) is 0 Å². The summed E-state index contributed by atoms with van der Waals surface area (Å²) in [5.41, 5.74) is 3.17. The Hall–Kier alpha value is -3.84. The smallest absolute Gasteiger partial charge is 0.395 e. The lowest BCUT2D eigenvalue weighted by Gasteiger charge is -2.35. The van der Waals surface area contributed by atoms with Gasteiger partial charge in [-0.25, -0.2) is 14.8 Å². The van der Waals surface area contributed by atoms with Gasteiger partial charge in [0.05, 0.1) is 42.2 Å². The molecule has 0 aliphatic carbocycles. The molecule has 0 spiro atoms. The number of halogens is 4. The Morgan fingerprint density at radius 1 is 1.03 bits per heavy atom. The Balaban J connectivity index is 1.34. The third kappa shape index (κ3) is 6.64. The van der Waals surface area contributed by atoms with Gasteiger partial charge in [-0.05, 0) is 30.3 Å². The molecule has 1 aliphatic heterocycles. The van der Waals surface area contributed by atoms with Gasteiger partial charge in [-0.2, -0.15) is 23.3 Å². The minimum absolute atomic E-state index is 0.0812. The molecular formula is C23H24F4N8O. The zero-order chi connectivity index (χ0) is 25.5. The number of aromatic nitrogens is 3. The summed E-state index contributed by atoms with van der Waals surface area (Å²) in [5.74, 6) is -0.247. The molecule has 2 aromatic heterocycles. The zero-order valence-corrected chi connectivity index (χ0v) is 19.1. The highest BCUT2D eigenvalue weighted by Gasteiger charge is 2.30. The molecule has 3 aromatic rings. The van der Waals surface area contributed by atoms with E-state index < -0.39 is 17.6 Å². The van der Waals surface area contributed by atoms with Crippen LogP contribution in [0.15, 0.2) is 53.9 Å². The van der Waals surface area contributed by atoms with Crippen molar-refractivity contribution < 1.29 is 22.7 Å². The summed E-state index contributed by atoms with van der Waals surface area (Å²) in [6, 6.07) is 8.15. The molecule has 13 heteroatoms. The van der Waals surface area contributed by atoms with E-state index in [1.165, 1.54) is 24.5 Å². The van der Waals surface area contributed by atoms with Crippen LogP contribution < -0.4 is 15.6 Å². The number of hydrazone groups is 1. The van der Waals surface area contributed by atoms with E-state index in [1.807, 2.05) is 4.90 Å². The molecular weight excluding hydrogens is 480 g/mol. The second-order valence-electron chi connectivity index (χ2n) is 7.96. The van der Waals surface area contributed by atoms with Crippen molar-refractivity contribution in [1.82, 2.24) is 19.9 Å².